The van der Waals surface area contributed by atoms with Crippen LogP contribution in [-0.4, -0.2) is 20.6 Å². The van der Waals surface area contributed by atoms with E-state index >= 15 is 0 Å². The molecule has 0 amide bonds. The van der Waals surface area contributed by atoms with Gasteiger partial charge >= 0.3 is 0 Å². The molecule has 1 aromatic carbocycles. The number of hydrogen-bond donors (Lipinski definition) is 0. The molecule has 0 saturated carbocycles. The Morgan fingerprint density at radius 2 is 2.33 bits per heavy atom. The number of fused-ring (bicyclic) bond motifs is 1. The van der Waals surface area contributed by atoms with E-state index in [0.717, 1.165) is 28.4 Å². The summed E-state index contributed by atoms with van der Waals surface area (Å²) in [6, 6.07) is 5.85. The fourth-order valence-corrected chi connectivity index (χ4v) is 4.21. The molecule has 1 aliphatic heterocycles. The molecule has 0 spiro atoms. The van der Waals surface area contributed by atoms with Crippen molar-refractivity contribution in [3.05, 3.63) is 29.0 Å². The molecule has 1 saturated heterocycles. The summed E-state index contributed by atoms with van der Waals surface area (Å²) in [7, 11) is 0. The Morgan fingerprint density at radius 3 is 3.06 bits per heavy atom. The maximum absolute atomic E-state index is 6.31. The monoisotopic (exact) mass is 300 g/mol. The highest BCUT2D eigenvalue weighted by atomic mass is 35.5. The summed E-state index contributed by atoms with van der Waals surface area (Å²) >= 11 is 14.4. The first-order valence-electron chi connectivity index (χ1n) is 6.11. The molecule has 0 aliphatic carbocycles. The second-order valence-corrected chi connectivity index (χ2v) is 6.60. The van der Waals surface area contributed by atoms with Gasteiger partial charge in [0.25, 0.3) is 0 Å². The second kappa shape index (κ2) is 5.32. The number of para-hydroxylation sites is 1. The number of benzene rings is 1. The highest BCUT2D eigenvalue weighted by molar-refractivity contribution is 8.00. The summed E-state index contributed by atoms with van der Waals surface area (Å²) in [5.41, 5.74) is 1.98. The fourth-order valence-electron chi connectivity index (χ4n) is 2.48. The van der Waals surface area contributed by atoms with Crippen molar-refractivity contribution in [2.24, 2.45) is 0 Å². The van der Waals surface area contributed by atoms with Crippen LogP contribution in [-0.2, 0) is 12.4 Å². The van der Waals surface area contributed by atoms with Crippen LogP contribution in [0.1, 0.15) is 18.7 Å². The molecule has 1 atom stereocenters. The normalized spacial score (nSPS) is 19.8. The molecule has 3 rings (SSSR count). The number of aromatic nitrogens is 2. The minimum atomic E-state index is 0.433. The van der Waals surface area contributed by atoms with E-state index in [1.807, 2.05) is 30.0 Å². The molecular formula is C13H14Cl2N2S. The molecular weight excluding hydrogens is 287 g/mol. The molecule has 0 bridgehead atoms. The number of halogens is 2. The highest BCUT2D eigenvalue weighted by Crippen LogP contribution is 2.31. The first-order chi connectivity index (χ1) is 8.79. The van der Waals surface area contributed by atoms with Crippen LogP contribution in [0.3, 0.4) is 0 Å². The first-order valence-corrected chi connectivity index (χ1v) is 8.07. The second-order valence-electron chi connectivity index (χ2n) is 4.51. The van der Waals surface area contributed by atoms with Crippen LogP contribution < -0.4 is 0 Å². The smallest absolute Gasteiger partial charge is 0.124 e. The number of rotatable bonds is 3. The van der Waals surface area contributed by atoms with Crippen molar-refractivity contribution in [3.8, 4) is 0 Å². The van der Waals surface area contributed by atoms with E-state index in [1.54, 1.807) is 0 Å². The minimum absolute atomic E-state index is 0.433. The van der Waals surface area contributed by atoms with Gasteiger partial charge in [-0.1, -0.05) is 17.7 Å². The highest BCUT2D eigenvalue weighted by Gasteiger charge is 2.20. The molecule has 2 heterocycles. The van der Waals surface area contributed by atoms with Gasteiger partial charge in [0.05, 0.1) is 21.9 Å². The lowest BCUT2D eigenvalue weighted by molar-refractivity contribution is 0.634. The lowest BCUT2D eigenvalue weighted by Crippen LogP contribution is -2.12. The van der Waals surface area contributed by atoms with Crippen LogP contribution in [0.25, 0.3) is 11.0 Å². The van der Waals surface area contributed by atoms with Crippen molar-refractivity contribution >= 4 is 46.0 Å². The van der Waals surface area contributed by atoms with E-state index < -0.39 is 0 Å². The Morgan fingerprint density at radius 1 is 1.44 bits per heavy atom. The summed E-state index contributed by atoms with van der Waals surface area (Å²) < 4.78 is 2.20. The lowest BCUT2D eigenvalue weighted by atomic mass is 10.2. The van der Waals surface area contributed by atoms with Crippen molar-refractivity contribution in [1.29, 1.82) is 0 Å². The quantitative estimate of drug-likeness (QED) is 0.786. The maximum atomic E-state index is 6.31. The third kappa shape index (κ3) is 2.24. The van der Waals surface area contributed by atoms with Gasteiger partial charge in [0.15, 0.2) is 0 Å². The van der Waals surface area contributed by atoms with Crippen molar-refractivity contribution < 1.29 is 0 Å². The van der Waals surface area contributed by atoms with E-state index in [2.05, 4.69) is 9.55 Å². The SMILES string of the molecule is ClCc1nc2cccc(Cl)c2n1CC1CCCS1. The van der Waals surface area contributed by atoms with Crippen molar-refractivity contribution in [1.82, 2.24) is 9.55 Å². The lowest BCUT2D eigenvalue weighted by Gasteiger charge is -2.13. The number of imidazole rings is 1. The van der Waals surface area contributed by atoms with Crippen molar-refractivity contribution in [2.45, 2.75) is 30.5 Å². The summed E-state index contributed by atoms with van der Waals surface area (Å²) in [5, 5.41) is 1.43. The van der Waals surface area contributed by atoms with Gasteiger partial charge < -0.3 is 4.57 Å². The Balaban J connectivity index is 2.06. The fraction of sp³-hybridized carbons (Fsp3) is 0.462. The summed E-state index contributed by atoms with van der Waals surface area (Å²) in [6.07, 6.45) is 2.59. The zero-order valence-electron chi connectivity index (χ0n) is 9.90. The number of nitrogens with zero attached hydrogens (tertiary/aromatic N) is 2. The molecule has 18 heavy (non-hydrogen) atoms. The van der Waals surface area contributed by atoms with Crippen molar-refractivity contribution in [3.63, 3.8) is 0 Å². The van der Waals surface area contributed by atoms with Gasteiger partial charge in [0.1, 0.15) is 5.82 Å². The predicted octanol–water partition coefficient (Wildman–Crippen LogP) is 4.32. The van der Waals surface area contributed by atoms with Crippen LogP contribution in [0.2, 0.25) is 5.02 Å². The van der Waals surface area contributed by atoms with Crippen LogP contribution in [0.5, 0.6) is 0 Å². The van der Waals surface area contributed by atoms with E-state index in [1.165, 1.54) is 18.6 Å². The Labute approximate surface area is 121 Å². The van der Waals surface area contributed by atoms with E-state index in [0.29, 0.717) is 11.1 Å². The van der Waals surface area contributed by atoms with Gasteiger partial charge in [-0.25, -0.2) is 4.98 Å². The van der Waals surface area contributed by atoms with E-state index in [-0.39, 0.29) is 0 Å². The van der Waals surface area contributed by atoms with Gasteiger partial charge in [-0.3, -0.25) is 0 Å². The molecule has 0 N–H and O–H groups in total. The molecule has 96 valence electrons. The number of alkyl halides is 1. The predicted molar refractivity (Wildman–Crippen MR) is 79.8 cm³/mol. The van der Waals surface area contributed by atoms with Gasteiger partial charge in [0, 0.05) is 11.8 Å². The third-order valence-corrected chi connectivity index (χ3v) is 5.25. The van der Waals surface area contributed by atoms with Gasteiger partial charge in [0.2, 0.25) is 0 Å². The molecule has 1 unspecified atom stereocenters. The van der Waals surface area contributed by atoms with E-state index in [9.17, 15) is 0 Å². The summed E-state index contributed by atoms with van der Waals surface area (Å²) in [4.78, 5) is 4.57. The largest absolute Gasteiger partial charge is 0.325 e. The number of thioether (sulfide) groups is 1. The Kier molecular flexibility index (Phi) is 3.73. The molecule has 1 aromatic heterocycles. The van der Waals surface area contributed by atoms with Crippen LogP contribution in [0.15, 0.2) is 18.2 Å². The Bertz CT molecular complexity index is 561. The molecule has 2 aromatic rings. The summed E-state index contributed by atoms with van der Waals surface area (Å²) in [5.74, 6) is 2.62. The topological polar surface area (TPSA) is 17.8 Å². The Hall–Kier alpha value is -0.380. The minimum Gasteiger partial charge on any atom is -0.325 e. The third-order valence-electron chi connectivity index (χ3n) is 3.33. The molecule has 0 radical (unpaired) electrons. The molecule has 5 heteroatoms. The zero-order valence-corrected chi connectivity index (χ0v) is 12.2. The van der Waals surface area contributed by atoms with Gasteiger partial charge in [-0.15, -0.1) is 11.6 Å². The van der Waals surface area contributed by atoms with Crippen molar-refractivity contribution in [2.75, 3.05) is 5.75 Å². The van der Waals surface area contributed by atoms with Gasteiger partial charge in [-0.2, -0.15) is 11.8 Å². The summed E-state index contributed by atoms with van der Waals surface area (Å²) in [6.45, 7) is 0.965. The van der Waals surface area contributed by atoms with Crippen LogP contribution in [0.4, 0.5) is 0 Å². The number of hydrogen-bond acceptors (Lipinski definition) is 2. The molecule has 1 aliphatic rings. The van der Waals surface area contributed by atoms with E-state index in [4.69, 9.17) is 23.2 Å². The molecule has 2 nitrogen and oxygen atoms in total. The van der Waals surface area contributed by atoms with Crippen LogP contribution in [0, 0.1) is 0 Å². The first kappa shape index (κ1) is 12.6. The average molecular weight is 301 g/mol. The maximum Gasteiger partial charge on any atom is 0.124 e. The molecule has 1 fully saturated rings. The standard InChI is InChI=1S/C13H14Cl2N2S/c14-7-12-16-11-5-1-4-10(15)13(11)17(12)8-9-3-2-6-18-9/h1,4-5,9H,2-3,6-8H2. The van der Waals surface area contributed by atoms with Gasteiger partial charge in [-0.05, 0) is 30.7 Å². The zero-order chi connectivity index (χ0) is 12.5. The van der Waals surface area contributed by atoms with Crippen LogP contribution >= 0.6 is 35.0 Å². The average Bonchev–Trinajstić information content (AvgIpc) is 2.98.